The first-order chi connectivity index (χ1) is 6.91. The van der Waals surface area contributed by atoms with Gasteiger partial charge in [-0.05, 0) is 6.42 Å². The molecule has 1 rings (SSSR count). The number of hydrogen-bond donors (Lipinski definition) is 1. The minimum atomic E-state index is -4.21. The van der Waals surface area contributed by atoms with Crippen LogP contribution in [0.25, 0.3) is 0 Å². The van der Waals surface area contributed by atoms with Gasteiger partial charge in [0.1, 0.15) is 20.1 Å². The summed E-state index contributed by atoms with van der Waals surface area (Å²) in [5, 5.41) is 0. The second-order valence-electron chi connectivity index (χ2n) is 3.21. The van der Waals surface area contributed by atoms with Crippen molar-refractivity contribution in [2.75, 3.05) is 7.11 Å². The number of alkyl halides is 1. The van der Waals surface area contributed by atoms with Crippen LogP contribution in [-0.2, 0) is 18.3 Å². The van der Waals surface area contributed by atoms with E-state index in [4.69, 9.17) is 17.5 Å². The fourth-order valence-corrected chi connectivity index (χ4v) is 2.04. The molecule has 86 valence electrons. The second-order valence-corrected chi connectivity index (χ2v) is 4.73. The highest BCUT2D eigenvalue weighted by Crippen LogP contribution is 2.46. The Bertz CT molecular complexity index is 266. The Morgan fingerprint density at radius 2 is 2.27 bits per heavy atom. The Hall–Kier alpha value is 0.0649. The van der Waals surface area contributed by atoms with Crippen molar-refractivity contribution >= 4 is 15.7 Å². The van der Waals surface area contributed by atoms with Crippen LogP contribution in [0.15, 0.2) is 0 Å². The van der Waals surface area contributed by atoms with E-state index in [-0.39, 0.29) is 0 Å². The molecule has 8 heteroatoms. The molecule has 1 fully saturated rings. The third-order valence-electron chi connectivity index (χ3n) is 2.21. The molecule has 0 amide bonds. The molecule has 1 saturated heterocycles. The van der Waals surface area contributed by atoms with Gasteiger partial charge >= 0.3 is 7.82 Å². The molecule has 1 aliphatic heterocycles. The van der Waals surface area contributed by atoms with Gasteiger partial charge in [-0.2, -0.15) is 0 Å². The predicted octanol–water partition coefficient (Wildman–Crippen LogP) is 0.760. The Balaban J connectivity index is 2.70. The van der Waals surface area contributed by atoms with Gasteiger partial charge in [-0.1, -0.05) is 6.92 Å². The summed E-state index contributed by atoms with van der Waals surface area (Å²) in [6.07, 6.45) is -3.00. The van der Waals surface area contributed by atoms with Crippen molar-refractivity contribution in [1.82, 2.24) is 0 Å². The number of phosphoric ester groups is 1. The van der Waals surface area contributed by atoms with Crippen LogP contribution in [0.3, 0.4) is 0 Å². The zero-order valence-electron chi connectivity index (χ0n) is 8.50. The molecule has 0 spiro atoms. The number of ether oxygens (including phenoxy) is 1. The molecular formula is C7H13BFO5P. The summed E-state index contributed by atoms with van der Waals surface area (Å²) in [7, 11) is 2.10. The van der Waals surface area contributed by atoms with Crippen LogP contribution in [0, 0.1) is 0 Å². The van der Waals surface area contributed by atoms with Crippen LogP contribution in [0.5, 0.6) is 0 Å². The molecule has 0 bridgehead atoms. The number of phosphoric acid groups is 1. The van der Waals surface area contributed by atoms with Crippen LogP contribution in [-0.4, -0.2) is 44.2 Å². The molecule has 1 N–H and O–H groups in total. The summed E-state index contributed by atoms with van der Waals surface area (Å²) in [4.78, 5) is 9.05. The van der Waals surface area contributed by atoms with Crippen molar-refractivity contribution in [3.05, 3.63) is 0 Å². The third kappa shape index (κ3) is 3.01. The first kappa shape index (κ1) is 13.1. The van der Waals surface area contributed by atoms with Gasteiger partial charge in [-0.15, -0.1) is 0 Å². The first-order valence-corrected chi connectivity index (χ1v) is 6.03. The van der Waals surface area contributed by atoms with Gasteiger partial charge in [0.25, 0.3) is 0 Å². The fourth-order valence-electron chi connectivity index (χ4n) is 1.40. The molecule has 1 aliphatic rings. The van der Waals surface area contributed by atoms with Gasteiger partial charge in [0.05, 0.1) is 12.1 Å². The standard InChI is InChI=1S/C7H13BFO5P/c1-3-4-6(5(9)7(8)13-4)14-15(10,11)12-2/h4-7H,3H2,1-2H3,(H,10,11)/t4-,5-,6?,7-/m1/s1. The van der Waals surface area contributed by atoms with Gasteiger partial charge in [0, 0.05) is 7.11 Å². The van der Waals surface area contributed by atoms with Crippen molar-refractivity contribution in [2.45, 2.75) is 37.7 Å². The summed E-state index contributed by atoms with van der Waals surface area (Å²) >= 11 is 0. The van der Waals surface area contributed by atoms with Crippen molar-refractivity contribution in [3.63, 3.8) is 0 Å². The highest BCUT2D eigenvalue weighted by molar-refractivity contribution is 7.47. The molecule has 0 aromatic carbocycles. The normalized spacial score (nSPS) is 40.3. The molecule has 15 heavy (non-hydrogen) atoms. The summed E-state index contributed by atoms with van der Waals surface area (Å²) in [5.41, 5.74) is 0. The summed E-state index contributed by atoms with van der Waals surface area (Å²) in [6, 6.07) is -1.13. The molecule has 2 unspecified atom stereocenters. The minimum absolute atomic E-state index is 0.433. The molecule has 1 heterocycles. The molecule has 0 saturated carbocycles. The maximum absolute atomic E-state index is 13.4. The highest BCUT2D eigenvalue weighted by atomic mass is 31.2. The maximum atomic E-state index is 13.4. The van der Waals surface area contributed by atoms with Crippen molar-refractivity contribution in [1.29, 1.82) is 0 Å². The SMILES string of the molecule is [B][C@@H]1O[C@H](CC)C(OP(=O)(O)OC)[C@H]1F. The molecule has 0 aromatic heterocycles. The van der Waals surface area contributed by atoms with Gasteiger partial charge in [-0.25, -0.2) is 8.96 Å². The van der Waals surface area contributed by atoms with Gasteiger partial charge in [0.2, 0.25) is 0 Å². The van der Waals surface area contributed by atoms with Gasteiger partial charge in [-0.3, -0.25) is 9.05 Å². The van der Waals surface area contributed by atoms with Crippen LogP contribution in [0.1, 0.15) is 13.3 Å². The number of hydrogen-bond acceptors (Lipinski definition) is 4. The molecule has 0 aromatic rings. The van der Waals surface area contributed by atoms with E-state index in [1.54, 1.807) is 6.92 Å². The maximum Gasteiger partial charge on any atom is 0.472 e. The van der Waals surface area contributed by atoms with Crippen molar-refractivity contribution in [3.8, 4) is 0 Å². The summed E-state index contributed by atoms with van der Waals surface area (Å²) in [5.74, 6) is 0. The fraction of sp³-hybridized carbons (Fsp3) is 1.00. The lowest BCUT2D eigenvalue weighted by Gasteiger charge is -2.20. The van der Waals surface area contributed by atoms with E-state index in [1.165, 1.54) is 0 Å². The predicted molar refractivity (Wildman–Crippen MR) is 51.3 cm³/mol. The lowest BCUT2D eigenvalue weighted by molar-refractivity contribution is 0.0224. The van der Waals surface area contributed by atoms with E-state index >= 15 is 0 Å². The summed E-state index contributed by atoms with van der Waals surface area (Å²) < 4.78 is 38.4. The molecule has 2 radical (unpaired) electrons. The zero-order chi connectivity index (χ0) is 11.6. The van der Waals surface area contributed by atoms with Crippen molar-refractivity contribution < 1.29 is 27.6 Å². The quantitative estimate of drug-likeness (QED) is 0.578. The molecule has 5 atom stereocenters. The lowest BCUT2D eigenvalue weighted by Crippen LogP contribution is -2.31. The minimum Gasteiger partial charge on any atom is -0.379 e. The average molecular weight is 238 g/mol. The Morgan fingerprint density at radius 1 is 1.67 bits per heavy atom. The van der Waals surface area contributed by atoms with E-state index in [1.807, 2.05) is 0 Å². The second kappa shape index (κ2) is 4.93. The van der Waals surface area contributed by atoms with E-state index < -0.39 is 32.2 Å². The monoisotopic (exact) mass is 238 g/mol. The topological polar surface area (TPSA) is 65.0 Å². The van der Waals surface area contributed by atoms with E-state index in [0.29, 0.717) is 6.42 Å². The van der Waals surface area contributed by atoms with Crippen LogP contribution in [0.4, 0.5) is 4.39 Å². The average Bonchev–Trinajstić information content (AvgIpc) is 2.45. The number of rotatable bonds is 4. The van der Waals surface area contributed by atoms with Gasteiger partial charge in [0.15, 0.2) is 0 Å². The van der Waals surface area contributed by atoms with Crippen LogP contribution in [0.2, 0.25) is 0 Å². The Kier molecular flexibility index (Phi) is 4.32. The molecule has 0 aliphatic carbocycles. The van der Waals surface area contributed by atoms with Gasteiger partial charge < -0.3 is 9.63 Å². The Morgan fingerprint density at radius 3 is 2.73 bits per heavy atom. The first-order valence-electron chi connectivity index (χ1n) is 4.53. The smallest absolute Gasteiger partial charge is 0.379 e. The molecular weight excluding hydrogens is 225 g/mol. The largest absolute Gasteiger partial charge is 0.472 e. The van der Waals surface area contributed by atoms with Crippen LogP contribution >= 0.6 is 7.82 Å². The Labute approximate surface area is 88.9 Å². The van der Waals surface area contributed by atoms with E-state index in [9.17, 15) is 8.96 Å². The summed E-state index contributed by atoms with van der Waals surface area (Å²) in [6.45, 7) is 1.74. The van der Waals surface area contributed by atoms with Crippen LogP contribution < -0.4 is 0 Å². The molecule has 5 nitrogen and oxygen atoms in total. The highest BCUT2D eigenvalue weighted by Gasteiger charge is 2.45. The lowest BCUT2D eigenvalue weighted by atomic mass is 9.94. The van der Waals surface area contributed by atoms with E-state index in [2.05, 4.69) is 9.05 Å². The zero-order valence-corrected chi connectivity index (χ0v) is 9.39. The van der Waals surface area contributed by atoms with Crippen molar-refractivity contribution in [2.24, 2.45) is 0 Å². The van der Waals surface area contributed by atoms with E-state index in [0.717, 1.165) is 7.11 Å². The number of halogens is 1. The third-order valence-corrected chi connectivity index (χ3v) is 3.19.